The van der Waals surface area contributed by atoms with E-state index in [-0.39, 0.29) is 5.41 Å². The predicted molar refractivity (Wildman–Crippen MR) is 219 cm³/mol. The average Bonchev–Trinajstić information content (AvgIpc) is 3.19. The van der Waals surface area contributed by atoms with E-state index in [1.807, 2.05) is 36.4 Å². The van der Waals surface area contributed by atoms with Gasteiger partial charge in [-0.15, -0.1) is 0 Å². The molecule has 0 aliphatic rings. The quantitative estimate of drug-likeness (QED) is 0.0748. The third-order valence-corrected chi connectivity index (χ3v) is 15.4. The van der Waals surface area contributed by atoms with E-state index >= 15 is 0 Å². The highest BCUT2D eigenvalue weighted by molar-refractivity contribution is 8.77. The molecule has 50 heavy (non-hydrogen) atoms. The predicted octanol–water partition coefficient (Wildman–Crippen LogP) is 13.5. The van der Waals surface area contributed by atoms with Gasteiger partial charge in [0.2, 0.25) is 0 Å². The number of hydrogen-bond acceptors (Lipinski definition) is 9. The second-order valence-corrected chi connectivity index (χ2v) is 18.1. The maximum Gasteiger partial charge on any atom is 0.118 e. The summed E-state index contributed by atoms with van der Waals surface area (Å²) >= 11 is 0. The van der Waals surface area contributed by atoms with Gasteiger partial charge >= 0.3 is 0 Å². The number of methoxy groups -OCH3 is 3. The number of ether oxygens (including phenoxy) is 3. The van der Waals surface area contributed by atoms with Gasteiger partial charge in [-0.3, -0.25) is 0 Å². The zero-order chi connectivity index (χ0) is 34.8. The molecule has 0 radical (unpaired) electrons. The minimum absolute atomic E-state index is 0.356. The molecule has 0 bridgehead atoms. The molecule has 0 aliphatic carbocycles. The summed E-state index contributed by atoms with van der Waals surface area (Å²) in [5, 5.41) is 0. The number of benzene rings is 6. The second kappa shape index (κ2) is 17.8. The summed E-state index contributed by atoms with van der Waals surface area (Å²) in [6.45, 7) is 2.34. The standard InChI is InChI=1S/C41H36O3S6/c1-41(29-5-17-35(18-6-29)45-48-38-23-11-32(42-2)12-24-38,30-7-19-36(20-8-30)46-49-39-25-13-33(43-3)14-26-39)31-9-21-37(22-10-31)47-50-40-27-15-34(44-4)16-28-40/h5-28H,1-4H3. The highest BCUT2D eigenvalue weighted by Crippen LogP contribution is 2.45. The van der Waals surface area contributed by atoms with Gasteiger partial charge in [0.25, 0.3) is 0 Å². The van der Waals surface area contributed by atoms with Crippen molar-refractivity contribution < 1.29 is 14.2 Å². The Morgan fingerprint density at radius 3 is 0.660 bits per heavy atom. The third kappa shape index (κ3) is 9.37. The molecular formula is C41H36O3S6. The fraction of sp³-hybridized carbons (Fsp3) is 0.122. The van der Waals surface area contributed by atoms with Gasteiger partial charge in [0.15, 0.2) is 0 Å². The van der Waals surface area contributed by atoms with Crippen LogP contribution >= 0.6 is 64.8 Å². The lowest BCUT2D eigenvalue weighted by Gasteiger charge is -2.32. The Morgan fingerprint density at radius 2 is 0.480 bits per heavy atom. The number of rotatable bonds is 15. The van der Waals surface area contributed by atoms with Crippen molar-refractivity contribution in [1.82, 2.24) is 0 Å². The molecule has 0 saturated carbocycles. The Labute approximate surface area is 319 Å². The maximum absolute atomic E-state index is 5.31. The van der Waals surface area contributed by atoms with Gasteiger partial charge in [-0.25, -0.2) is 0 Å². The lowest BCUT2D eigenvalue weighted by Crippen LogP contribution is -2.25. The zero-order valence-corrected chi connectivity index (χ0v) is 32.9. The Kier molecular flexibility index (Phi) is 13.1. The lowest BCUT2D eigenvalue weighted by molar-refractivity contribution is 0.414. The highest BCUT2D eigenvalue weighted by atomic mass is 33.1. The summed E-state index contributed by atoms with van der Waals surface area (Å²) < 4.78 is 15.9. The molecule has 9 heteroatoms. The molecule has 0 aliphatic heterocycles. The van der Waals surface area contributed by atoms with Gasteiger partial charge < -0.3 is 14.2 Å². The Morgan fingerprint density at radius 1 is 0.300 bits per heavy atom. The van der Waals surface area contributed by atoms with Gasteiger partial charge in [0.05, 0.1) is 21.3 Å². The molecule has 0 aromatic heterocycles. The van der Waals surface area contributed by atoms with Crippen molar-refractivity contribution >= 4 is 64.8 Å². The van der Waals surface area contributed by atoms with E-state index < -0.39 is 0 Å². The number of hydrogen-bond donors (Lipinski definition) is 0. The first-order valence-corrected chi connectivity index (χ1v) is 22.2. The maximum atomic E-state index is 5.31. The van der Waals surface area contributed by atoms with Crippen LogP contribution < -0.4 is 14.2 Å². The van der Waals surface area contributed by atoms with Crippen molar-refractivity contribution in [1.29, 1.82) is 0 Å². The normalized spacial score (nSPS) is 11.3. The van der Waals surface area contributed by atoms with Crippen LogP contribution in [0.3, 0.4) is 0 Å². The van der Waals surface area contributed by atoms with E-state index in [9.17, 15) is 0 Å². The van der Waals surface area contributed by atoms with Crippen LogP contribution in [-0.2, 0) is 5.41 Å². The van der Waals surface area contributed by atoms with E-state index in [1.165, 1.54) is 46.1 Å². The van der Waals surface area contributed by atoms with Crippen LogP contribution in [-0.4, -0.2) is 21.3 Å². The minimum atomic E-state index is -0.356. The topological polar surface area (TPSA) is 27.7 Å². The fourth-order valence-corrected chi connectivity index (χ4v) is 11.0. The Hall–Kier alpha value is -3.18. The van der Waals surface area contributed by atoms with Crippen LogP contribution in [0.15, 0.2) is 175 Å². The second-order valence-electron chi connectivity index (χ2n) is 11.2. The van der Waals surface area contributed by atoms with E-state index in [1.54, 1.807) is 86.1 Å². The molecule has 0 saturated heterocycles. The van der Waals surface area contributed by atoms with Gasteiger partial charge in [-0.05, 0) is 133 Å². The van der Waals surface area contributed by atoms with Gasteiger partial charge in [0.1, 0.15) is 17.2 Å². The lowest BCUT2D eigenvalue weighted by atomic mass is 9.71. The van der Waals surface area contributed by atoms with Gasteiger partial charge in [-0.2, -0.15) is 0 Å². The molecule has 0 atom stereocenters. The average molecular weight is 769 g/mol. The summed E-state index contributed by atoms with van der Waals surface area (Å²) in [4.78, 5) is 7.20. The van der Waals surface area contributed by atoms with E-state index in [0.29, 0.717) is 0 Å². The molecule has 6 rings (SSSR count). The monoisotopic (exact) mass is 768 g/mol. The van der Waals surface area contributed by atoms with Gasteiger partial charge in [-0.1, -0.05) is 101 Å². The molecule has 0 heterocycles. The van der Waals surface area contributed by atoms with Crippen LogP contribution in [0.5, 0.6) is 17.2 Å². The summed E-state index contributed by atoms with van der Waals surface area (Å²) in [7, 11) is 15.6. The molecule has 6 aromatic rings. The largest absolute Gasteiger partial charge is 0.497 e. The Balaban J connectivity index is 1.21. The third-order valence-electron chi connectivity index (χ3n) is 8.18. The SMILES string of the molecule is COc1ccc(SSc2ccc(C(C)(c3ccc(SSc4ccc(OC)cc4)cc3)c3ccc(SSc4ccc(OC)cc4)cc3)cc2)cc1. The first-order valence-electron chi connectivity index (χ1n) is 15.7. The molecular weight excluding hydrogens is 733 g/mol. The summed E-state index contributed by atoms with van der Waals surface area (Å²) in [5.74, 6) is 2.61. The van der Waals surface area contributed by atoms with Gasteiger partial charge in [0, 0.05) is 34.8 Å². The molecule has 0 amide bonds. The van der Waals surface area contributed by atoms with Crippen molar-refractivity contribution in [2.24, 2.45) is 0 Å². The molecule has 0 fully saturated rings. The first kappa shape index (κ1) is 36.6. The van der Waals surface area contributed by atoms with Crippen molar-refractivity contribution in [3.63, 3.8) is 0 Å². The Bertz CT molecular complexity index is 1700. The van der Waals surface area contributed by atoms with Crippen LogP contribution in [0.1, 0.15) is 23.6 Å². The van der Waals surface area contributed by atoms with Crippen LogP contribution in [0, 0.1) is 0 Å². The molecule has 3 nitrogen and oxygen atoms in total. The molecule has 0 spiro atoms. The fourth-order valence-electron chi connectivity index (χ4n) is 5.21. The van der Waals surface area contributed by atoms with Crippen molar-refractivity contribution in [3.8, 4) is 17.2 Å². The molecule has 6 aromatic carbocycles. The molecule has 0 N–H and O–H groups in total. The summed E-state index contributed by atoms with van der Waals surface area (Å²) in [6.07, 6.45) is 0. The van der Waals surface area contributed by atoms with Crippen molar-refractivity contribution in [2.45, 2.75) is 41.7 Å². The summed E-state index contributed by atoms with van der Waals surface area (Å²) in [6, 6.07) is 51.7. The summed E-state index contributed by atoms with van der Waals surface area (Å²) in [5.41, 5.74) is 3.39. The van der Waals surface area contributed by atoms with Crippen molar-refractivity contribution in [2.75, 3.05) is 21.3 Å². The van der Waals surface area contributed by atoms with E-state index in [0.717, 1.165) is 17.2 Å². The van der Waals surface area contributed by atoms with Crippen LogP contribution in [0.4, 0.5) is 0 Å². The van der Waals surface area contributed by atoms with E-state index in [4.69, 9.17) is 14.2 Å². The smallest absolute Gasteiger partial charge is 0.118 e. The van der Waals surface area contributed by atoms with E-state index in [2.05, 4.69) is 116 Å². The zero-order valence-electron chi connectivity index (χ0n) is 28.0. The van der Waals surface area contributed by atoms with Crippen molar-refractivity contribution in [3.05, 3.63) is 162 Å². The van der Waals surface area contributed by atoms with Crippen LogP contribution in [0.2, 0.25) is 0 Å². The first-order chi connectivity index (χ1) is 24.5. The molecule has 0 unspecified atom stereocenters. The minimum Gasteiger partial charge on any atom is -0.497 e. The van der Waals surface area contributed by atoms with Crippen LogP contribution in [0.25, 0.3) is 0 Å². The highest BCUT2D eigenvalue weighted by Gasteiger charge is 2.31. The molecule has 254 valence electrons.